The van der Waals surface area contributed by atoms with E-state index < -0.39 is 0 Å². The lowest BCUT2D eigenvalue weighted by Crippen LogP contribution is -2.33. The molecule has 0 aliphatic heterocycles. The predicted molar refractivity (Wildman–Crippen MR) is 106 cm³/mol. The lowest BCUT2D eigenvalue weighted by Gasteiger charge is -2.14. The molecule has 2 amide bonds. The molecule has 0 spiro atoms. The lowest BCUT2D eigenvalue weighted by molar-refractivity contribution is -0.117. The number of aromatic nitrogens is 4. The molecule has 0 bridgehead atoms. The summed E-state index contributed by atoms with van der Waals surface area (Å²) in [6.07, 6.45) is 6.67. The van der Waals surface area contributed by atoms with E-state index in [1.807, 2.05) is 39.4 Å². The number of nitrogens with zero attached hydrogens (tertiary/aromatic N) is 3. The molecule has 2 saturated carbocycles. The smallest absolute Gasteiger partial charge is 0.407 e. The number of carbonyl (C=O) groups excluding carboxylic acids is 2. The van der Waals surface area contributed by atoms with Crippen LogP contribution in [0, 0.1) is 5.92 Å². The third-order valence-electron chi connectivity index (χ3n) is 5.63. The maximum absolute atomic E-state index is 12.5. The Balaban J connectivity index is 1.27. The quantitative estimate of drug-likeness (QED) is 0.690. The van der Waals surface area contributed by atoms with Gasteiger partial charge in [-0.15, -0.1) is 0 Å². The van der Waals surface area contributed by atoms with E-state index in [9.17, 15) is 9.59 Å². The first-order valence-corrected chi connectivity index (χ1v) is 10.2. The van der Waals surface area contributed by atoms with Crippen molar-refractivity contribution in [3.63, 3.8) is 0 Å². The Labute approximate surface area is 169 Å². The van der Waals surface area contributed by atoms with Crippen LogP contribution in [0.4, 0.5) is 10.6 Å². The van der Waals surface area contributed by atoms with Gasteiger partial charge in [-0.05, 0) is 51.0 Å². The summed E-state index contributed by atoms with van der Waals surface area (Å²) in [5.41, 5.74) is 2.07. The minimum atomic E-state index is -0.365. The van der Waals surface area contributed by atoms with E-state index >= 15 is 0 Å². The molecule has 3 N–H and O–H groups in total. The second-order valence-electron chi connectivity index (χ2n) is 8.43. The van der Waals surface area contributed by atoms with Crippen molar-refractivity contribution < 1.29 is 14.3 Å². The SMILES string of the molecule is CC(C)NC(=O)O[C@@H]1CC[C@H](c2cc(NC(=O)[C@@H]3C[C@H]3c3cnn(C)c3)n[nH]2)C1. The molecule has 2 aromatic rings. The van der Waals surface area contributed by atoms with Gasteiger partial charge in [-0.2, -0.15) is 10.2 Å². The minimum absolute atomic E-state index is 0.00473. The molecule has 9 nitrogen and oxygen atoms in total. The fraction of sp³-hybridized carbons (Fsp3) is 0.600. The molecular weight excluding hydrogens is 372 g/mol. The van der Waals surface area contributed by atoms with Gasteiger partial charge in [0.1, 0.15) is 6.10 Å². The maximum Gasteiger partial charge on any atom is 0.407 e. The molecule has 9 heteroatoms. The van der Waals surface area contributed by atoms with Crippen LogP contribution in [0.15, 0.2) is 18.5 Å². The first-order chi connectivity index (χ1) is 13.9. The first kappa shape index (κ1) is 19.5. The summed E-state index contributed by atoms with van der Waals surface area (Å²) in [6, 6.07) is 1.95. The Morgan fingerprint density at radius 3 is 2.86 bits per heavy atom. The summed E-state index contributed by atoms with van der Waals surface area (Å²) in [5.74, 6) is 1.00. The Bertz CT molecular complexity index is 888. The van der Waals surface area contributed by atoms with Crippen LogP contribution in [0.5, 0.6) is 0 Å². The zero-order valence-electron chi connectivity index (χ0n) is 17.0. The van der Waals surface area contributed by atoms with Crippen molar-refractivity contribution in [3.8, 4) is 0 Å². The maximum atomic E-state index is 12.5. The van der Waals surface area contributed by atoms with Crippen LogP contribution in [-0.2, 0) is 16.6 Å². The third-order valence-corrected chi connectivity index (χ3v) is 5.63. The molecule has 0 saturated heterocycles. The highest BCUT2D eigenvalue weighted by molar-refractivity contribution is 5.94. The van der Waals surface area contributed by atoms with Crippen molar-refractivity contribution in [2.45, 2.75) is 63.5 Å². The van der Waals surface area contributed by atoms with Crippen molar-refractivity contribution in [1.29, 1.82) is 0 Å². The molecule has 156 valence electrons. The van der Waals surface area contributed by atoms with Crippen molar-refractivity contribution in [2.75, 3.05) is 5.32 Å². The van der Waals surface area contributed by atoms with Gasteiger partial charge in [0.2, 0.25) is 5.91 Å². The fourth-order valence-electron chi connectivity index (χ4n) is 4.06. The number of hydrogen-bond acceptors (Lipinski definition) is 5. The number of nitrogens with one attached hydrogen (secondary N) is 3. The molecule has 4 atom stereocenters. The highest BCUT2D eigenvalue weighted by Gasteiger charge is 2.44. The molecule has 0 unspecified atom stereocenters. The average molecular weight is 400 g/mol. The number of H-pyrrole nitrogens is 1. The third kappa shape index (κ3) is 4.60. The van der Waals surface area contributed by atoms with Gasteiger partial charge in [-0.1, -0.05) is 0 Å². The van der Waals surface area contributed by atoms with Crippen LogP contribution in [0.3, 0.4) is 0 Å². The van der Waals surface area contributed by atoms with Crippen molar-refractivity contribution in [1.82, 2.24) is 25.3 Å². The normalized spacial score (nSPS) is 25.8. The van der Waals surface area contributed by atoms with Gasteiger partial charge in [0, 0.05) is 42.9 Å². The fourth-order valence-corrected chi connectivity index (χ4v) is 4.06. The molecule has 2 fully saturated rings. The molecule has 2 aromatic heterocycles. The van der Waals surface area contributed by atoms with Crippen LogP contribution >= 0.6 is 0 Å². The zero-order valence-corrected chi connectivity index (χ0v) is 17.0. The number of anilines is 1. The summed E-state index contributed by atoms with van der Waals surface area (Å²) in [6.45, 7) is 3.80. The highest BCUT2D eigenvalue weighted by Crippen LogP contribution is 2.47. The van der Waals surface area contributed by atoms with Gasteiger partial charge in [-0.3, -0.25) is 14.6 Å². The molecule has 2 aliphatic rings. The molecule has 0 radical (unpaired) electrons. The van der Waals surface area contributed by atoms with E-state index in [-0.39, 0.29) is 41.9 Å². The Morgan fingerprint density at radius 1 is 1.31 bits per heavy atom. The molecular formula is C20H28N6O3. The number of aromatic amines is 1. The van der Waals surface area contributed by atoms with Gasteiger partial charge in [0.25, 0.3) is 0 Å². The van der Waals surface area contributed by atoms with Crippen LogP contribution in [-0.4, -0.2) is 44.1 Å². The number of ether oxygens (including phenoxy) is 1. The molecule has 4 rings (SSSR count). The van der Waals surface area contributed by atoms with E-state index in [4.69, 9.17) is 4.74 Å². The Morgan fingerprint density at radius 2 is 2.14 bits per heavy atom. The predicted octanol–water partition coefficient (Wildman–Crippen LogP) is 2.66. The zero-order chi connectivity index (χ0) is 20.5. The van der Waals surface area contributed by atoms with Gasteiger partial charge in [0.15, 0.2) is 5.82 Å². The number of carbonyl (C=O) groups is 2. The average Bonchev–Trinajstić information content (AvgIpc) is 2.98. The monoisotopic (exact) mass is 400 g/mol. The standard InChI is InChI=1S/C20H28N6O3/c1-11(2)22-20(28)29-14-5-4-12(6-14)17-8-18(25-24-17)23-19(27)16-7-15(16)13-9-21-26(3)10-13/h8-12,14-16H,4-7H2,1-3H3,(H,22,28)(H2,23,24,25,27)/t12-,14+,15-,16+/m0/s1. The van der Waals surface area contributed by atoms with E-state index in [0.717, 1.165) is 36.9 Å². The van der Waals surface area contributed by atoms with Crippen LogP contribution < -0.4 is 10.6 Å². The summed E-state index contributed by atoms with van der Waals surface area (Å²) >= 11 is 0. The van der Waals surface area contributed by atoms with E-state index in [2.05, 4.69) is 25.9 Å². The molecule has 2 heterocycles. The van der Waals surface area contributed by atoms with E-state index in [1.165, 1.54) is 0 Å². The number of amides is 2. The van der Waals surface area contributed by atoms with Gasteiger partial charge >= 0.3 is 6.09 Å². The number of rotatable bonds is 6. The van der Waals surface area contributed by atoms with Crippen LogP contribution in [0.2, 0.25) is 0 Å². The van der Waals surface area contributed by atoms with Gasteiger partial charge < -0.3 is 15.4 Å². The lowest BCUT2D eigenvalue weighted by atomic mass is 10.0. The summed E-state index contributed by atoms with van der Waals surface area (Å²) < 4.78 is 7.24. The Kier molecular flexibility index (Phi) is 5.29. The molecule has 2 aliphatic carbocycles. The molecule has 29 heavy (non-hydrogen) atoms. The van der Waals surface area contributed by atoms with Crippen molar-refractivity contribution in [2.24, 2.45) is 13.0 Å². The van der Waals surface area contributed by atoms with Crippen LogP contribution in [0.25, 0.3) is 0 Å². The van der Waals surface area contributed by atoms with E-state index in [1.54, 1.807) is 4.68 Å². The largest absolute Gasteiger partial charge is 0.446 e. The van der Waals surface area contributed by atoms with E-state index in [0.29, 0.717) is 5.82 Å². The van der Waals surface area contributed by atoms with Gasteiger partial charge in [-0.25, -0.2) is 4.79 Å². The molecule has 0 aromatic carbocycles. The van der Waals surface area contributed by atoms with Crippen molar-refractivity contribution >= 4 is 17.8 Å². The number of alkyl carbamates (subject to hydrolysis) is 1. The van der Waals surface area contributed by atoms with Crippen molar-refractivity contribution in [3.05, 3.63) is 29.7 Å². The van der Waals surface area contributed by atoms with Gasteiger partial charge in [0.05, 0.1) is 6.20 Å². The second-order valence-corrected chi connectivity index (χ2v) is 8.43. The topological polar surface area (TPSA) is 114 Å². The number of aryl methyl sites for hydroxylation is 1. The first-order valence-electron chi connectivity index (χ1n) is 10.2. The summed E-state index contributed by atoms with van der Waals surface area (Å²) in [4.78, 5) is 24.3. The second kappa shape index (κ2) is 7.88. The minimum Gasteiger partial charge on any atom is -0.446 e. The Hall–Kier alpha value is -2.84. The summed E-state index contributed by atoms with van der Waals surface area (Å²) in [7, 11) is 1.88. The van der Waals surface area contributed by atoms with Crippen LogP contribution in [0.1, 0.15) is 62.6 Å². The number of hydrogen-bond donors (Lipinski definition) is 3. The summed E-state index contributed by atoms with van der Waals surface area (Å²) in [5, 5.41) is 17.1. The highest BCUT2D eigenvalue weighted by atomic mass is 16.6.